The Hall–Kier alpha value is -1.10. The van der Waals surface area contributed by atoms with Gasteiger partial charge in [-0.1, -0.05) is 13.8 Å². The number of Topliss-reactive ketones (excluding diaryl/α,β-unsaturated/α-hetero) is 1. The molecule has 18 heavy (non-hydrogen) atoms. The predicted octanol–water partition coefficient (Wildman–Crippen LogP) is 2.14. The molecular weight excluding hydrogens is 234 g/mol. The maximum absolute atomic E-state index is 11.8. The zero-order valence-corrected chi connectivity index (χ0v) is 12.3. The first-order valence-corrected chi connectivity index (χ1v) is 6.16. The molecule has 0 rings (SSSR count). The molecule has 1 amide bonds. The molecule has 0 aromatic rings. The van der Waals surface area contributed by atoms with E-state index >= 15 is 0 Å². The molecule has 0 saturated heterocycles. The van der Waals surface area contributed by atoms with Crippen LogP contribution in [0.2, 0.25) is 0 Å². The summed E-state index contributed by atoms with van der Waals surface area (Å²) in [4.78, 5) is 23.3. The van der Waals surface area contributed by atoms with E-state index in [1.54, 1.807) is 34.6 Å². The predicted molar refractivity (Wildman–Crippen MR) is 69.5 cm³/mol. The summed E-state index contributed by atoms with van der Waals surface area (Å²) < 4.78 is 10.2. The zero-order valence-electron chi connectivity index (χ0n) is 12.3. The summed E-state index contributed by atoms with van der Waals surface area (Å²) >= 11 is 0. The number of ketones is 1. The molecule has 0 spiro atoms. The van der Waals surface area contributed by atoms with Gasteiger partial charge in [0.15, 0.2) is 5.78 Å². The lowest BCUT2D eigenvalue weighted by Crippen LogP contribution is -2.42. The minimum atomic E-state index is -0.661. The van der Waals surface area contributed by atoms with Crippen LogP contribution in [0.5, 0.6) is 0 Å². The van der Waals surface area contributed by atoms with Gasteiger partial charge in [-0.2, -0.15) is 0 Å². The number of ether oxygens (including phenoxy) is 2. The number of alkyl carbamates (subject to hydrolysis) is 1. The summed E-state index contributed by atoms with van der Waals surface area (Å²) in [5, 5.41) is 2.60. The number of amides is 1. The fraction of sp³-hybridized carbons (Fsp3) is 0.846. The number of nitrogens with one attached hydrogen (secondary N) is 1. The molecule has 0 heterocycles. The van der Waals surface area contributed by atoms with E-state index in [0.717, 1.165) is 0 Å². The van der Waals surface area contributed by atoms with Gasteiger partial charge < -0.3 is 14.8 Å². The number of rotatable bonds is 6. The van der Waals surface area contributed by atoms with Crippen LogP contribution in [0.3, 0.4) is 0 Å². The van der Waals surface area contributed by atoms with Crippen LogP contribution in [0.1, 0.15) is 41.5 Å². The lowest BCUT2D eigenvalue weighted by molar-refractivity contribution is -0.131. The van der Waals surface area contributed by atoms with Gasteiger partial charge >= 0.3 is 6.09 Å². The smallest absolute Gasteiger partial charge is 0.407 e. The molecule has 0 radical (unpaired) electrons. The fourth-order valence-electron chi connectivity index (χ4n) is 1.10. The third-order valence-electron chi connectivity index (χ3n) is 2.27. The highest BCUT2D eigenvalue weighted by Gasteiger charge is 2.28. The largest absolute Gasteiger partial charge is 0.444 e. The minimum Gasteiger partial charge on any atom is -0.444 e. The van der Waals surface area contributed by atoms with Crippen LogP contribution in [0.15, 0.2) is 0 Å². The molecule has 0 atom stereocenters. The molecule has 0 aromatic carbocycles. The molecule has 0 aliphatic heterocycles. The van der Waals surface area contributed by atoms with Crippen LogP contribution >= 0.6 is 0 Å². The van der Waals surface area contributed by atoms with Crippen LogP contribution < -0.4 is 5.32 Å². The Kier molecular flexibility index (Phi) is 6.32. The molecule has 0 unspecified atom stereocenters. The van der Waals surface area contributed by atoms with Crippen LogP contribution in [0.25, 0.3) is 0 Å². The van der Waals surface area contributed by atoms with Crippen molar-refractivity contribution in [2.24, 2.45) is 5.41 Å². The molecule has 0 fully saturated rings. The van der Waals surface area contributed by atoms with Gasteiger partial charge in [0.1, 0.15) is 12.2 Å². The molecule has 0 bridgehead atoms. The number of carbonyl (C=O) groups is 2. The highest BCUT2D eigenvalue weighted by Crippen LogP contribution is 2.16. The zero-order chi connectivity index (χ0) is 14.4. The third kappa shape index (κ3) is 7.27. The van der Waals surface area contributed by atoms with E-state index in [0.29, 0.717) is 6.61 Å². The Morgan fingerprint density at radius 2 is 1.67 bits per heavy atom. The molecule has 0 saturated carbocycles. The average molecular weight is 259 g/mol. The number of hydrogen-bond acceptors (Lipinski definition) is 4. The summed E-state index contributed by atoms with van der Waals surface area (Å²) in [7, 11) is 0. The van der Waals surface area contributed by atoms with Gasteiger partial charge in [0, 0.05) is 18.6 Å². The van der Waals surface area contributed by atoms with Gasteiger partial charge in [0.05, 0.1) is 0 Å². The van der Waals surface area contributed by atoms with Crippen molar-refractivity contribution in [2.45, 2.75) is 47.1 Å². The van der Waals surface area contributed by atoms with Gasteiger partial charge in [-0.15, -0.1) is 0 Å². The maximum Gasteiger partial charge on any atom is 0.407 e. The summed E-state index contributed by atoms with van der Waals surface area (Å²) in [5.74, 6) is -0.0413. The molecule has 0 aliphatic rings. The van der Waals surface area contributed by atoms with E-state index in [4.69, 9.17) is 9.47 Å². The minimum absolute atomic E-state index is 0.0413. The standard InChI is InChI=1S/C13H25NO4/c1-7-17-8-10(15)13(5,6)9-14-11(16)18-12(2,3)4/h7-9H2,1-6H3,(H,14,16). The topological polar surface area (TPSA) is 64.6 Å². The van der Waals surface area contributed by atoms with Crippen molar-refractivity contribution in [3.8, 4) is 0 Å². The molecule has 5 nitrogen and oxygen atoms in total. The summed E-state index contributed by atoms with van der Waals surface area (Å²) in [6, 6.07) is 0. The van der Waals surface area contributed by atoms with Crippen molar-refractivity contribution in [3.63, 3.8) is 0 Å². The lowest BCUT2D eigenvalue weighted by Gasteiger charge is -2.25. The van der Waals surface area contributed by atoms with Crippen LogP contribution in [-0.4, -0.2) is 37.2 Å². The first-order valence-electron chi connectivity index (χ1n) is 6.16. The lowest BCUT2D eigenvalue weighted by atomic mass is 9.88. The van der Waals surface area contributed by atoms with Crippen molar-refractivity contribution in [1.82, 2.24) is 5.32 Å². The Labute approximate surface area is 109 Å². The van der Waals surface area contributed by atoms with Gasteiger partial charge in [-0.05, 0) is 27.7 Å². The third-order valence-corrected chi connectivity index (χ3v) is 2.27. The SMILES string of the molecule is CCOCC(=O)C(C)(C)CNC(=O)OC(C)(C)C. The van der Waals surface area contributed by atoms with Crippen LogP contribution in [-0.2, 0) is 14.3 Å². The Bertz CT molecular complexity index is 292. The normalized spacial score (nSPS) is 12.1. The second-order valence-electron chi connectivity index (χ2n) is 5.80. The van der Waals surface area contributed by atoms with Gasteiger partial charge in [0.25, 0.3) is 0 Å². The van der Waals surface area contributed by atoms with E-state index in [1.807, 2.05) is 6.92 Å². The highest BCUT2D eigenvalue weighted by molar-refractivity contribution is 5.86. The van der Waals surface area contributed by atoms with Crippen LogP contribution in [0.4, 0.5) is 4.79 Å². The average Bonchev–Trinajstić information content (AvgIpc) is 2.20. The van der Waals surface area contributed by atoms with E-state index in [1.165, 1.54) is 0 Å². The van der Waals surface area contributed by atoms with E-state index in [9.17, 15) is 9.59 Å². The first-order chi connectivity index (χ1) is 8.08. The molecular formula is C13H25NO4. The van der Waals surface area contributed by atoms with Gasteiger partial charge in [-0.3, -0.25) is 4.79 Å². The van der Waals surface area contributed by atoms with Gasteiger partial charge in [0.2, 0.25) is 0 Å². The molecule has 0 aliphatic carbocycles. The monoisotopic (exact) mass is 259 g/mol. The van der Waals surface area contributed by atoms with Crippen molar-refractivity contribution >= 4 is 11.9 Å². The molecule has 5 heteroatoms. The summed E-state index contributed by atoms with van der Waals surface area (Å²) in [6.45, 7) is 11.5. The summed E-state index contributed by atoms with van der Waals surface area (Å²) in [6.07, 6.45) is -0.514. The van der Waals surface area contributed by atoms with Crippen molar-refractivity contribution in [1.29, 1.82) is 0 Å². The second-order valence-corrected chi connectivity index (χ2v) is 5.80. The Morgan fingerprint density at radius 3 is 2.11 bits per heavy atom. The molecule has 0 aromatic heterocycles. The van der Waals surface area contributed by atoms with E-state index in [2.05, 4.69) is 5.32 Å². The van der Waals surface area contributed by atoms with Crippen molar-refractivity contribution in [3.05, 3.63) is 0 Å². The summed E-state index contributed by atoms with van der Waals surface area (Å²) in [5.41, 5.74) is -1.20. The van der Waals surface area contributed by atoms with Crippen molar-refractivity contribution in [2.75, 3.05) is 19.8 Å². The van der Waals surface area contributed by atoms with E-state index in [-0.39, 0.29) is 18.9 Å². The maximum atomic E-state index is 11.8. The fourth-order valence-corrected chi connectivity index (χ4v) is 1.10. The molecule has 106 valence electrons. The highest BCUT2D eigenvalue weighted by atomic mass is 16.6. The molecule has 1 N–H and O–H groups in total. The van der Waals surface area contributed by atoms with Gasteiger partial charge in [-0.25, -0.2) is 4.79 Å². The quantitative estimate of drug-likeness (QED) is 0.793. The van der Waals surface area contributed by atoms with Crippen molar-refractivity contribution < 1.29 is 19.1 Å². The first kappa shape index (κ1) is 16.9. The second kappa shape index (κ2) is 6.73. The Morgan fingerprint density at radius 1 is 1.11 bits per heavy atom. The van der Waals surface area contributed by atoms with E-state index < -0.39 is 17.1 Å². The number of carbonyl (C=O) groups excluding carboxylic acids is 2. The van der Waals surface area contributed by atoms with Crippen LogP contribution in [0, 0.1) is 5.41 Å². The Balaban J connectivity index is 4.18. The number of hydrogen-bond donors (Lipinski definition) is 1.